The molecule has 5 heteroatoms. The van der Waals surface area contributed by atoms with Crippen LogP contribution in [0.3, 0.4) is 0 Å². The van der Waals surface area contributed by atoms with Crippen molar-refractivity contribution in [3.8, 4) is 0 Å². The number of amides is 2. The zero-order chi connectivity index (χ0) is 13.7. The van der Waals surface area contributed by atoms with Crippen LogP contribution in [0.2, 0.25) is 0 Å². The molecule has 2 rings (SSSR count). The number of nitrogens with zero attached hydrogens (tertiary/aromatic N) is 2. The third-order valence-electron chi connectivity index (χ3n) is 3.56. The number of furan rings is 1. The molecule has 1 N–H and O–H groups in total. The molecule has 1 fully saturated rings. The fourth-order valence-electron chi connectivity index (χ4n) is 2.35. The second-order valence-corrected chi connectivity index (χ2v) is 5.06. The Morgan fingerprint density at radius 2 is 2.16 bits per heavy atom. The molecule has 0 bridgehead atoms. The summed E-state index contributed by atoms with van der Waals surface area (Å²) in [6.45, 7) is 8.78. The van der Waals surface area contributed by atoms with Crippen LogP contribution >= 0.6 is 0 Å². The van der Waals surface area contributed by atoms with Crippen molar-refractivity contribution in [2.45, 2.75) is 26.3 Å². The summed E-state index contributed by atoms with van der Waals surface area (Å²) in [5.41, 5.74) is 0. The molecular formula is C14H23N3O2. The highest BCUT2D eigenvalue weighted by Crippen LogP contribution is 2.06. The highest BCUT2D eigenvalue weighted by Gasteiger charge is 2.21. The van der Waals surface area contributed by atoms with E-state index in [1.54, 1.807) is 6.26 Å². The van der Waals surface area contributed by atoms with E-state index < -0.39 is 0 Å². The molecule has 1 aromatic rings. The Morgan fingerprint density at radius 3 is 2.74 bits per heavy atom. The van der Waals surface area contributed by atoms with Gasteiger partial charge in [0, 0.05) is 38.6 Å². The van der Waals surface area contributed by atoms with Crippen LogP contribution in [0.5, 0.6) is 0 Å². The summed E-state index contributed by atoms with van der Waals surface area (Å²) in [6.07, 6.45) is 2.39. The minimum absolute atomic E-state index is 0.0369. The van der Waals surface area contributed by atoms with Crippen molar-refractivity contribution in [3.05, 3.63) is 24.2 Å². The number of carbonyl (C=O) groups excluding carboxylic acids is 1. The molecule has 1 aliphatic heterocycles. The van der Waals surface area contributed by atoms with E-state index in [4.69, 9.17) is 4.42 Å². The van der Waals surface area contributed by atoms with Crippen molar-refractivity contribution in [3.63, 3.8) is 0 Å². The smallest absolute Gasteiger partial charge is 0.317 e. The molecular weight excluding hydrogens is 242 g/mol. The largest absolute Gasteiger partial charge is 0.469 e. The fourth-order valence-corrected chi connectivity index (χ4v) is 2.35. The third-order valence-corrected chi connectivity index (χ3v) is 3.56. The van der Waals surface area contributed by atoms with Gasteiger partial charge in [0.25, 0.3) is 0 Å². The molecule has 1 atom stereocenters. The van der Waals surface area contributed by atoms with Crippen LogP contribution in [-0.2, 0) is 6.42 Å². The lowest BCUT2D eigenvalue weighted by Crippen LogP contribution is -2.53. The van der Waals surface area contributed by atoms with E-state index in [1.807, 2.05) is 24.0 Å². The third kappa shape index (κ3) is 3.99. The first-order valence-corrected chi connectivity index (χ1v) is 6.99. The summed E-state index contributed by atoms with van der Waals surface area (Å²) >= 11 is 0. The maximum atomic E-state index is 12.1. The molecule has 1 unspecified atom stereocenters. The first-order valence-electron chi connectivity index (χ1n) is 6.99. The fraction of sp³-hybridized carbons (Fsp3) is 0.643. The maximum Gasteiger partial charge on any atom is 0.317 e. The Hall–Kier alpha value is -1.49. The Labute approximate surface area is 114 Å². The summed E-state index contributed by atoms with van der Waals surface area (Å²) < 4.78 is 5.29. The minimum atomic E-state index is 0.0369. The summed E-state index contributed by atoms with van der Waals surface area (Å²) in [4.78, 5) is 16.3. The highest BCUT2D eigenvalue weighted by molar-refractivity contribution is 5.74. The van der Waals surface area contributed by atoms with Crippen LogP contribution in [-0.4, -0.2) is 54.6 Å². The van der Waals surface area contributed by atoms with Gasteiger partial charge in [-0.3, -0.25) is 0 Å². The van der Waals surface area contributed by atoms with Crippen molar-refractivity contribution in [1.82, 2.24) is 15.1 Å². The van der Waals surface area contributed by atoms with E-state index in [-0.39, 0.29) is 12.1 Å². The van der Waals surface area contributed by atoms with Crippen LogP contribution in [0.4, 0.5) is 4.79 Å². The van der Waals surface area contributed by atoms with Gasteiger partial charge >= 0.3 is 6.03 Å². The monoisotopic (exact) mass is 265 g/mol. The van der Waals surface area contributed by atoms with E-state index in [9.17, 15) is 4.79 Å². The van der Waals surface area contributed by atoms with Gasteiger partial charge in [0.05, 0.1) is 6.26 Å². The second kappa shape index (κ2) is 6.61. The zero-order valence-electron chi connectivity index (χ0n) is 11.8. The molecule has 1 aromatic heterocycles. The molecule has 1 saturated heterocycles. The van der Waals surface area contributed by atoms with E-state index in [0.29, 0.717) is 0 Å². The molecule has 2 heterocycles. The summed E-state index contributed by atoms with van der Waals surface area (Å²) in [5, 5.41) is 3.03. The lowest BCUT2D eigenvalue weighted by Gasteiger charge is -2.34. The van der Waals surface area contributed by atoms with E-state index in [2.05, 4.69) is 17.1 Å². The summed E-state index contributed by atoms with van der Waals surface area (Å²) in [7, 11) is 0. The number of rotatable bonds is 4. The van der Waals surface area contributed by atoms with Gasteiger partial charge in [0.1, 0.15) is 5.76 Å². The molecule has 0 saturated carbocycles. The lowest BCUT2D eigenvalue weighted by atomic mass is 10.2. The van der Waals surface area contributed by atoms with Gasteiger partial charge in [0.2, 0.25) is 0 Å². The number of hydrogen-bond donors (Lipinski definition) is 1. The molecule has 0 spiro atoms. The number of urea groups is 1. The van der Waals surface area contributed by atoms with Gasteiger partial charge in [-0.2, -0.15) is 0 Å². The highest BCUT2D eigenvalue weighted by atomic mass is 16.3. The predicted octanol–water partition coefficient (Wildman–Crippen LogP) is 1.56. The number of nitrogens with one attached hydrogen (secondary N) is 1. The number of likely N-dealkylation sites (N-methyl/N-ethyl adjacent to an activating group) is 1. The number of carbonyl (C=O) groups is 1. The van der Waals surface area contributed by atoms with Crippen molar-refractivity contribution in [2.24, 2.45) is 0 Å². The quantitative estimate of drug-likeness (QED) is 0.898. The minimum Gasteiger partial charge on any atom is -0.469 e. The van der Waals surface area contributed by atoms with E-state index in [0.717, 1.165) is 44.9 Å². The van der Waals surface area contributed by atoms with Crippen LogP contribution < -0.4 is 5.32 Å². The predicted molar refractivity (Wildman–Crippen MR) is 74.1 cm³/mol. The Bertz CT molecular complexity index is 383. The average molecular weight is 265 g/mol. The van der Waals surface area contributed by atoms with Gasteiger partial charge in [0.15, 0.2) is 0 Å². The Balaban J connectivity index is 1.74. The normalized spacial score (nSPS) is 18.3. The summed E-state index contributed by atoms with van der Waals surface area (Å²) in [5.74, 6) is 0.906. The van der Waals surface area contributed by atoms with Crippen molar-refractivity contribution < 1.29 is 9.21 Å². The van der Waals surface area contributed by atoms with Crippen LogP contribution in [0.1, 0.15) is 19.6 Å². The van der Waals surface area contributed by atoms with E-state index >= 15 is 0 Å². The molecule has 2 amide bonds. The summed E-state index contributed by atoms with van der Waals surface area (Å²) in [6, 6.07) is 3.92. The van der Waals surface area contributed by atoms with Crippen molar-refractivity contribution in [2.75, 3.05) is 32.7 Å². The van der Waals surface area contributed by atoms with Crippen molar-refractivity contribution in [1.29, 1.82) is 0 Å². The second-order valence-electron chi connectivity index (χ2n) is 5.06. The van der Waals surface area contributed by atoms with Crippen LogP contribution in [0.15, 0.2) is 22.8 Å². The van der Waals surface area contributed by atoms with Gasteiger partial charge in [-0.25, -0.2) is 4.79 Å². The van der Waals surface area contributed by atoms with Gasteiger partial charge < -0.3 is 19.5 Å². The van der Waals surface area contributed by atoms with Crippen molar-refractivity contribution >= 4 is 6.03 Å². The van der Waals surface area contributed by atoms with Gasteiger partial charge in [-0.15, -0.1) is 0 Å². The van der Waals surface area contributed by atoms with E-state index in [1.165, 1.54) is 0 Å². The number of hydrogen-bond acceptors (Lipinski definition) is 3. The first kappa shape index (κ1) is 13.9. The number of piperazine rings is 1. The zero-order valence-corrected chi connectivity index (χ0v) is 11.8. The van der Waals surface area contributed by atoms with Crippen LogP contribution in [0.25, 0.3) is 0 Å². The molecule has 106 valence electrons. The van der Waals surface area contributed by atoms with Crippen LogP contribution in [0, 0.1) is 0 Å². The molecule has 0 aliphatic carbocycles. The standard InChI is InChI=1S/C14H23N3O2/c1-3-16-6-8-17(9-7-16)14(18)15-12(2)11-13-5-4-10-19-13/h4-5,10,12H,3,6-9,11H2,1-2H3,(H,15,18). The van der Waals surface area contributed by atoms with Gasteiger partial charge in [-0.05, 0) is 25.6 Å². The molecule has 1 aliphatic rings. The maximum absolute atomic E-state index is 12.1. The topological polar surface area (TPSA) is 48.7 Å². The molecule has 0 radical (unpaired) electrons. The first-order chi connectivity index (χ1) is 9.19. The molecule has 0 aromatic carbocycles. The lowest BCUT2D eigenvalue weighted by molar-refractivity contribution is 0.141. The Kier molecular flexibility index (Phi) is 4.85. The molecule has 5 nitrogen and oxygen atoms in total. The molecule has 19 heavy (non-hydrogen) atoms. The van der Waals surface area contributed by atoms with Gasteiger partial charge in [-0.1, -0.05) is 6.92 Å². The SMILES string of the molecule is CCN1CCN(C(=O)NC(C)Cc2ccco2)CC1. The Morgan fingerprint density at radius 1 is 1.42 bits per heavy atom. The average Bonchev–Trinajstić information content (AvgIpc) is 2.91.